The third-order valence-electron chi connectivity index (χ3n) is 3.34. The third kappa shape index (κ3) is 3.03. The number of carbonyl (C=O) groups excluding carboxylic acids is 1. The minimum Gasteiger partial charge on any atom is -0.478 e. The molecule has 0 fully saturated rings. The molecule has 21 heavy (non-hydrogen) atoms. The van der Waals surface area contributed by atoms with Gasteiger partial charge >= 0.3 is 5.97 Å². The van der Waals surface area contributed by atoms with Crippen molar-refractivity contribution < 1.29 is 19.4 Å². The van der Waals surface area contributed by atoms with Gasteiger partial charge < -0.3 is 14.7 Å². The Kier molecular flexibility index (Phi) is 4.55. The van der Waals surface area contributed by atoms with Crippen LogP contribution < -0.4 is 0 Å². The highest BCUT2D eigenvalue weighted by atomic mass is 16.5. The predicted octanol–water partition coefficient (Wildman–Crippen LogP) is 2.26. The van der Waals surface area contributed by atoms with Gasteiger partial charge in [-0.1, -0.05) is 24.3 Å². The predicted molar refractivity (Wildman–Crippen MR) is 79.7 cm³/mol. The fraction of sp³-hybridized carbons (Fsp3) is 0.250. The Morgan fingerprint density at radius 2 is 1.76 bits per heavy atom. The van der Waals surface area contributed by atoms with Crippen molar-refractivity contribution in [3.05, 3.63) is 47.5 Å². The summed E-state index contributed by atoms with van der Waals surface area (Å²) in [6.07, 6.45) is 0. The van der Waals surface area contributed by atoms with Crippen molar-refractivity contribution >= 4 is 22.6 Å². The lowest BCUT2D eigenvalue weighted by atomic mass is 9.98. The van der Waals surface area contributed by atoms with Crippen molar-refractivity contribution in [2.75, 3.05) is 27.3 Å². The second-order valence-corrected chi connectivity index (χ2v) is 4.73. The molecule has 2 rings (SSSR count). The summed E-state index contributed by atoms with van der Waals surface area (Å²) in [5.74, 6) is -1.26. The van der Waals surface area contributed by atoms with E-state index in [-0.39, 0.29) is 11.5 Å². The van der Waals surface area contributed by atoms with Crippen LogP contribution in [-0.4, -0.2) is 49.2 Å². The Morgan fingerprint density at radius 3 is 2.33 bits per heavy atom. The molecule has 0 aromatic heterocycles. The van der Waals surface area contributed by atoms with Gasteiger partial charge in [-0.2, -0.15) is 0 Å². The fourth-order valence-electron chi connectivity index (χ4n) is 2.23. The van der Waals surface area contributed by atoms with Crippen molar-refractivity contribution in [3.63, 3.8) is 0 Å². The van der Waals surface area contributed by atoms with Crippen LogP contribution in [0.1, 0.15) is 20.7 Å². The minimum atomic E-state index is -1.04. The highest BCUT2D eigenvalue weighted by molar-refractivity contribution is 6.14. The first kappa shape index (κ1) is 15.0. The van der Waals surface area contributed by atoms with Gasteiger partial charge in [0.05, 0.1) is 12.2 Å². The molecule has 0 saturated heterocycles. The molecule has 0 atom stereocenters. The van der Waals surface area contributed by atoms with E-state index in [9.17, 15) is 14.7 Å². The molecule has 0 bridgehead atoms. The van der Waals surface area contributed by atoms with E-state index < -0.39 is 5.97 Å². The first-order chi connectivity index (χ1) is 10.1. The molecule has 0 saturated carbocycles. The maximum atomic E-state index is 12.5. The van der Waals surface area contributed by atoms with Gasteiger partial charge in [0.1, 0.15) is 0 Å². The second kappa shape index (κ2) is 6.37. The standard InChI is InChI=1S/C16H17NO4/c1-17(9-10-21-2)15(18)12-7-3-5-11-6-4-8-13(14(11)12)16(19)20/h3-8H,9-10H2,1-2H3,(H,19,20). The molecule has 2 aromatic carbocycles. The van der Waals surface area contributed by atoms with Crippen LogP contribution in [0.3, 0.4) is 0 Å². The zero-order valence-corrected chi connectivity index (χ0v) is 12.0. The Balaban J connectivity index is 2.53. The van der Waals surface area contributed by atoms with Gasteiger partial charge in [-0.3, -0.25) is 4.79 Å². The molecule has 0 heterocycles. The molecular weight excluding hydrogens is 270 g/mol. The largest absolute Gasteiger partial charge is 0.478 e. The van der Waals surface area contributed by atoms with Crippen LogP contribution in [0.2, 0.25) is 0 Å². The van der Waals surface area contributed by atoms with Crippen molar-refractivity contribution in [1.82, 2.24) is 4.90 Å². The number of hydrogen-bond acceptors (Lipinski definition) is 3. The van der Waals surface area contributed by atoms with Crippen molar-refractivity contribution in [1.29, 1.82) is 0 Å². The quantitative estimate of drug-likeness (QED) is 0.916. The number of carbonyl (C=O) groups is 2. The van der Waals surface area contributed by atoms with E-state index >= 15 is 0 Å². The third-order valence-corrected chi connectivity index (χ3v) is 3.34. The van der Waals surface area contributed by atoms with E-state index in [1.807, 2.05) is 0 Å². The first-order valence-corrected chi connectivity index (χ1v) is 6.55. The molecule has 0 unspecified atom stereocenters. The summed E-state index contributed by atoms with van der Waals surface area (Å²) in [6.45, 7) is 0.875. The van der Waals surface area contributed by atoms with Gasteiger partial charge in [0.2, 0.25) is 0 Å². The van der Waals surface area contributed by atoms with Crippen LogP contribution in [0.4, 0.5) is 0 Å². The SMILES string of the molecule is COCCN(C)C(=O)c1cccc2cccc(C(=O)O)c12. The maximum Gasteiger partial charge on any atom is 0.336 e. The van der Waals surface area contributed by atoms with E-state index in [0.717, 1.165) is 5.39 Å². The maximum absolute atomic E-state index is 12.5. The molecule has 0 aliphatic heterocycles. The van der Waals surface area contributed by atoms with E-state index in [0.29, 0.717) is 24.1 Å². The summed E-state index contributed by atoms with van der Waals surface area (Å²) in [7, 11) is 3.24. The van der Waals surface area contributed by atoms with Crippen LogP contribution in [0.5, 0.6) is 0 Å². The zero-order chi connectivity index (χ0) is 15.4. The molecule has 0 aliphatic rings. The summed E-state index contributed by atoms with van der Waals surface area (Å²) in [6, 6.07) is 10.2. The molecule has 2 aromatic rings. The molecule has 5 heteroatoms. The van der Waals surface area contributed by atoms with Gasteiger partial charge in [0.15, 0.2) is 0 Å². The van der Waals surface area contributed by atoms with Gasteiger partial charge in [0.25, 0.3) is 5.91 Å². The zero-order valence-electron chi connectivity index (χ0n) is 12.0. The number of carboxylic acids is 1. The van der Waals surface area contributed by atoms with E-state index in [1.165, 1.54) is 11.0 Å². The Labute approximate surface area is 122 Å². The molecule has 0 spiro atoms. The number of rotatable bonds is 5. The van der Waals surface area contributed by atoms with Gasteiger partial charge in [-0.25, -0.2) is 4.79 Å². The van der Waals surface area contributed by atoms with E-state index in [2.05, 4.69) is 0 Å². The minimum absolute atomic E-state index is 0.136. The average molecular weight is 287 g/mol. The van der Waals surface area contributed by atoms with Crippen LogP contribution in [-0.2, 0) is 4.74 Å². The summed E-state index contributed by atoms with van der Waals surface area (Å²) in [5, 5.41) is 10.5. The Morgan fingerprint density at radius 1 is 1.14 bits per heavy atom. The van der Waals surface area contributed by atoms with Gasteiger partial charge in [-0.15, -0.1) is 0 Å². The summed E-state index contributed by atoms with van der Waals surface area (Å²) < 4.78 is 4.96. The monoisotopic (exact) mass is 287 g/mol. The summed E-state index contributed by atoms with van der Waals surface area (Å²) in [4.78, 5) is 25.4. The number of amides is 1. The highest BCUT2D eigenvalue weighted by Gasteiger charge is 2.18. The molecular formula is C16H17NO4. The number of carboxylic acid groups (broad SMARTS) is 1. The number of likely N-dealkylation sites (N-methyl/N-ethyl adjacent to an activating group) is 1. The fourth-order valence-corrected chi connectivity index (χ4v) is 2.23. The van der Waals surface area contributed by atoms with Crippen LogP contribution in [0, 0.1) is 0 Å². The van der Waals surface area contributed by atoms with Crippen molar-refractivity contribution in [2.24, 2.45) is 0 Å². The van der Waals surface area contributed by atoms with Crippen molar-refractivity contribution in [2.45, 2.75) is 0 Å². The Hall–Kier alpha value is -2.40. The summed E-state index contributed by atoms with van der Waals surface area (Å²) in [5.41, 5.74) is 0.528. The average Bonchev–Trinajstić information content (AvgIpc) is 2.50. The number of benzene rings is 2. The Bertz CT molecular complexity index is 676. The number of ether oxygens (including phenoxy) is 1. The van der Waals surface area contributed by atoms with E-state index in [4.69, 9.17) is 4.74 Å². The smallest absolute Gasteiger partial charge is 0.336 e. The number of methoxy groups -OCH3 is 1. The van der Waals surface area contributed by atoms with Crippen molar-refractivity contribution in [3.8, 4) is 0 Å². The lowest BCUT2D eigenvalue weighted by Crippen LogP contribution is -2.30. The van der Waals surface area contributed by atoms with Gasteiger partial charge in [0, 0.05) is 31.7 Å². The highest BCUT2D eigenvalue weighted by Crippen LogP contribution is 2.24. The number of fused-ring (bicyclic) bond motifs is 1. The van der Waals surface area contributed by atoms with Crippen LogP contribution in [0.15, 0.2) is 36.4 Å². The number of nitrogens with zero attached hydrogens (tertiary/aromatic N) is 1. The molecule has 1 amide bonds. The number of hydrogen-bond donors (Lipinski definition) is 1. The lowest BCUT2D eigenvalue weighted by molar-refractivity contribution is 0.0699. The molecule has 5 nitrogen and oxygen atoms in total. The molecule has 110 valence electrons. The molecule has 0 radical (unpaired) electrons. The normalized spacial score (nSPS) is 10.6. The lowest BCUT2D eigenvalue weighted by Gasteiger charge is -2.18. The number of aromatic carboxylic acids is 1. The molecule has 0 aliphatic carbocycles. The van der Waals surface area contributed by atoms with Crippen LogP contribution >= 0.6 is 0 Å². The van der Waals surface area contributed by atoms with Crippen LogP contribution in [0.25, 0.3) is 10.8 Å². The topological polar surface area (TPSA) is 66.8 Å². The second-order valence-electron chi connectivity index (χ2n) is 4.73. The first-order valence-electron chi connectivity index (χ1n) is 6.55. The van der Waals surface area contributed by atoms with E-state index in [1.54, 1.807) is 44.5 Å². The molecule has 1 N–H and O–H groups in total. The summed E-state index contributed by atoms with van der Waals surface area (Å²) >= 11 is 0. The van der Waals surface area contributed by atoms with Gasteiger partial charge in [-0.05, 0) is 17.5 Å².